The second-order valence-corrected chi connectivity index (χ2v) is 5.62. The molecule has 5 nitrogen and oxygen atoms in total. The molecular weight excluding hydrogens is 310 g/mol. The van der Waals surface area contributed by atoms with Gasteiger partial charge >= 0.3 is 0 Å². The number of aromatic nitrogens is 3. The fraction of sp³-hybridized carbons (Fsp3) is 0.0714. The minimum absolute atomic E-state index is 0.00944. The molecule has 0 unspecified atom stereocenters. The zero-order valence-corrected chi connectivity index (χ0v) is 12.3. The SMILES string of the molecule is Oc1cccnc1-c1nc(CSc2cccc(Cl)c2)no1. The number of aromatic hydroxyl groups is 1. The highest BCUT2D eigenvalue weighted by Gasteiger charge is 2.13. The van der Waals surface area contributed by atoms with Crippen LogP contribution in [0.2, 0.25) is 5.02 Å². The van der Waals surface area contributed by atoms with Crippen molar-refractivity contribution < 1.29 is 9.63 Å². The van der Waals surface area contributed by atoms with Gasteiger partial charge in [-0.25, -0.2) is 4.98 Å². The van der Waals surface area contributed by atoms with Crippen LogP contribution in [0.5, 0.6) is 5.75 Å². The maximum atomic E-state index is 9.70. The van der Waals surface area contributed by atoms with Crippen molar-refractivity contribution in [2.75, 3.05) is 0 Å². The Morgan fingerprint density at radius 3 is 2.95 bits per heavy atom. The van der Waals surface area contributed by atoms with Crippen LogP contribution in [-0.2, 0) is 5.75 Å². The molecule has 0 aliphatic rings. The first-order valence-electron chi connectivity index (χ1n) is 6.07. The van der Waals surface area contributed by atoms with Crippen LogP contribution in [0.1, 0.15) is 5.82 Å². The monoisotopic (exact) mass is 319 g/mol. The molecule has 0 aliphatic heterocycles. The van der Waals surface area contributed by atoms with E-state index in [9.17, 15) is 5.11 Å². The molecule has 1 aromatic carbocycles. The number of benzene rings is 1. The number of halogens is 1. The first-order valence-corrected chi connectivity index (χ1v) is 7.44. The lowest BCUT2D eigenvalue weighted by atomic mass is 10.3. The van der Waals surface area contributed by atoms with E-state index in [4.69, 9.17) is 16.1 Å². The number of rotatable bonds is 4. The van der Waals surface area contributed by atoms with E-state index in [2.05, 4.69) is 15.1 Å². The van der Waals surface area contributed by atoms with Gasteiger partial charge in [-0.05, 0) is 30.3 Å². The fourth-order valence-corrected chi connectivity index (χ4v) is 2.73. The molecule has 0 saturated heterocycles. The van der Waals surface area contributed by atoms with E-state index in [1.807, 2.05) is 24.3 Å². The van der Waals surface area contributed by atoms with Crippen molar-refractivity contribution in [3.05, 3.63) is 53.4 Å². The Kier molecular flexibility index (Phi) is 4.08. The van der Waals surface area contributed by atoms with Gasteiger partial charge in [0.05, 0.1) is 5.75 Å². The van der Waals surface area contributed by atoms with E-state index in [1.165, 1.54) is 6.07 Å². The van der Waals surface area contributed by atoms with Crippen molar-refractivity contribution in [3.63, 3.8) is 0 Å². The summed E-state index contributed by atoms with van der Waals surface area (Å²) in [7, 11) is 0. The minimum atomic E-state index is 0.00944. The van der Waals surface area contributed by atoms with Gasteiger partial charge in [0.1, 0.15) is 5.75 Å². The van der Waals surface area contributed by atoms with Gasteiger partial charge in [-0.15, -0.1) is 11.8 Å². The Morgan fingerprint density at radius 1 is 1.24 bits per heavy atom. The van der Waals surface area contributed by atoms with Crippen LogP contribution >= 0.6 is 23.4 Å². The summed E-state index contributed by atoms with van der Waals surface area (Å²) in [4.78, 5) is 9.27. The molecule has 0 fully saturated rings. The molecule has 1 N–H and O–H groups in total. The number of nitrogens with zero attached hydrogens (tertiary/aromatic N) is 3. The molecule has 0 amide bonds. The molecule has 106 valence electrons. The molecule has 0 radical (unpaired) electrons. The normalized spacial score (nSPS) is 10.7. The average Bonchev–Trinajstić information content (AvgIpc) is 2.94. The standard InChI is InChI=1S/C14H10ClN3O2S/c15-9-3-1-4-10(7-9)21-8-12-17-14(20-18-12)13-11(19)5-2-6-16-13/h1-7,19H,8H2. The Hall–Kier alpha value is -2.05. The lowest BCUT2D eigenvalue weighted by Crippen LogP contribution is -1.86. The summed E-state index contributed by atoms with van der Waals surface area (Å²) >= 11 is 7.48. The summed E-state index contributed by atoms with van der Waals surface area (Å²) in [5.74, 6) is 1.28. The zero-order valence-electron chi connectivity index (χ0n) is 10.7. The van der Waals surface area contributed by atoms with Gasteiger partial charge in [0.2, 0.25) is 0 Å². The number of thioether (sulfide) groups is 1. The summed E-state index contributed by atoms with van der Waals surface area (Å²) in [6.07, 6.45) is 1.56. The van der Waals surface area contributed by atoms with E-state index in [-0.39, 0.29) is 17.3 Å². The largest absolute Gasteiger partial charge is 0.505 e. The van der Waals surface area contributed by atoms with E-state index in [1.54, 1.807) is 24.0 Å². The lowest BCUT2D eigenvalue weighted by Gasteiger charge is -1.98. The third-order valence-electron chi connectivity index (χ3n) is 2.62. The quantitative estimate of drug-likeness (QED) is 0.738. The Labute approximate surface area is 130 Å². The van der Waals surface area contributed by atoms with Gasteiger partial charge in [-0.2, -0.15) is 4.98 Å². The molecule has 2 heterocycles. The Balaban J connectivity index is 1.72. The van der Waals surface area contributed by atoms with E-state index >= 15 is 0 Å². The topological polar surface area (TPSA) is 72.0 Å². The molecule has 0 bridgehead atoms. The van der Waals surface area contributed by atoms with E-state index < -0.39 is 0 Å². The summed E-state index contributed by atoms with van der Waals surface area (Å²) < 4.78 is 5.12. The van der Waals surface area contributed by atoms with Crippen LogP contribution < -0.4 is 0 Å². The molecule has 3 rings (SSSR count). The predicted octanol–water partition coefficient (Wildman–Crippen LogP) is 3.78. The predicted molar refractivity (Wildman–Crippen MR) is 80.2 cm³/mol. The number of pyridine rings is 1. The highest BCUT2D eigenvalue weighted by Crippen LogP contribution is 2.27. The third kappa shape index (κ3) is 3.34. The highest BCUT2D eigenvalue weighted by molar-refractivity contribution is 7.98. The minimum Gasteiger partial charge on any atom is -0.505 e. The van der Waals surface area contributed by atoms with Gasteiger partial charge in [-0.1, -0.05) is 22.8 Å². The first kappa shape index (κ1) is 13.9. The number of hydrogen-bond acceptors (Lipinski definition) is 6. The molecule has 2 aromatic heterocycles. The molecule has 0 spiro atoms. The maximum Gasteiger partial charge on any atom is 0.280 e. The van der Waals surface area contributed by atoms with E-state index in [0.717, 1.165) is 4.90 Å². The van der Waals surface area contributed by atoms with Crippen LogP contribution in [0.3, 0.4) is 0 Å². The third-order valence-corrected chi connectivity index (χ3v) is 3.85. The molecule has 0 atom stereocenters. The Morgan fingerprint density at radius 2 is 2.14 bits per heavy atom. The van der Waals surface area contributed by atoms with Crippen LogP contribution in [-0.4, -0.2) is 20.2 Å². The van der Waals surface area contributed by atoms with Gasteiger partial charge in [-0.3, -0.25) is 0 Å². The van der Waals surface area contributed by atoms with Gasteiger partial charge in [0, 0.05) is 16.1 Å². The second kappa shape index (κ2) is 6.15. The molecule has 21 heavy (non-hydrogen) atoms. The van der Waals surface area contributed by atoms with Crippen molar-refractivity contribution in [2.24, 2.45) is 0 Å². The highest BCUT2D eigenvalue weighted by atomic mass is 35.5. The van der Waals surface area contributed by atoms with Crippen LogP contribution in [0.4, 0.5) is 0 Å². The van der Waals surface area contributed by atoms with Crippen molar-refractivity contribution in [1.82, 2.24) is 15.1 Å². The van der Waals surface area contributed by atoms with Crippen molar-refractivity contribution in [1.29, 1.82) is 0 Å². The summed E-state index contributed by atoms with van der Waals surface area (Å²) in [5.41, 5.74) is 0.281. The van der Waals surface area contributed by atoms with E-state index in [0.29, 0.717) is 16.6 Å². The van der Waals surface area contributed by atoms with Crippen LogP contribution in [0.15, 0.2) is 52.0 Å². The smallest absolute Gasteiger partial charge is 0.280 e. The summed E-state index contributed by atoms with van der Waals surface area (Å²) in [6.45, 7) is 0. The zero-order chi connectivity index (χ0) is 14.7. The van der Waals surface area contributed by atoms with Crippen molar-refractivity contribution in [2.45, 2.75) is 10.6 Å². The first-order chi connectivity index (χ1) is 10.2. The molecule has 0 saturated carbocycles. The molecule has 7 heteroatoms. The number of hydrogen-bond donors (Lipinski definition) is 1. The fourth-order valence-electron chi connectivity index (χ4n) is 1.68. The maximum absolute atomic E-state index is 9.70. The second-order valence-electron chi connectivity index (χ2n) is 4.13. The summed E-state index contributed by atoms with van der Waals surface area (Å²) in [5, 5.41) is 14.3. The van der Waals surface area contributed by atoms with Crippen LogP contribution in [0, 0.1) is 0 Å². The molecule has 3 aromatic rings. The van der Waals surface area contributed by atoms with Gasteiger partial charge < -0.3 is 9.63 Å². The Bertz CT molecular complexity index is 763. The summed E-state index contributed by atoms with van der Waals surface area (Å²) in [6, 6.07) is 10.7. The molecular formula is C14H10ClN3O2S. The molecule has 0 aliphatic carbocycles. The van der Waals surface area contributed by atoms with Gasteiger partial charge in [0.15, 0.2) is 11.5 Å². The average molecular weight is 320 g/mol. The lowest BCUT2D eigenvalue weighted by molar-refractivity contribution is 0.417. The van der Waals surface area contributed by atoms with Gasteiger partial charge in [0.25, 0.3) is 5.89 Å². The van der Waals surface area contributed by atoms with Crippen molar-refractivity contribution in [3.8, 4) is 17.3 Å². The van der Waals surface area contributed by atoms with Crippen LogP contribution in [0.25, 0.3) is 11.6 Å². The van der Waals surface area contributed by atoms with Crippen molar-refractivity contribution >= 4 is 23.4 Å².